The molecule has 7 heteroatoms. The minimum Gasteiger partial charge on any atom is -0.493 e. The van der Waals surface area contributed by atoms with Crippen LogP contribution < -0.4 is 14.8 Å². The lowest BCUT2D eigenvalue weighted by molar-refractivity contribution is -0.131. The van der Waals surface area contributed by atoms with E-state index < -0.39 is 0 Å². The highest BCUT2D eigenvalue weighted by Crippen LogP contribution is 2.31. The van der Waals surface area contributed by atoms with Crippen molar-refractivity contribution in [1.82, 2.24) is 15.2 Å². The van der Waals surface area contributed by atoms with E-state index in [0.717, 1.165) is 11.1 Å². The Balaban J connectivity index is 1.87. The van der Waals surface area contributed by atoms with Crippen molar-refractivity contribution in [1.29, 1.82) is 0 Å². The van der Waals surface area contributed by atoms with Gasteiger partial charge in [-0.05, 0) is 62.6 Å². The van der Waals surface area contributed by atoms with Crippen LogP contribution in [0.1, 0.15) is 57.2 Å². The van der Waals surface area contributed by atoms with Crippen molar-refractivity contribution in [2.45, 2.75) is 52.7 Å². The van der Waals surface area contributed by atoms with Crippen LogP contribution in [0.3, 0.4) is 0 Å². The van der Waals surface area contributed by atoms with Crippen LogP contribution in [0.4, 0.5) is 0 Å². The third-order valence-electron chi connectivity index (χ3n) is 5.12. The van der Waals surface area contributed by atoms with Crippen molar-refractivity contribution in [3.05, 3.63) is 53.9 Å². The Hall–Kier alpha value is -3.09. The number of nitrogens with one attached hydrogen (secondary N) is 1. The minimum absolute atomic E-state index is 0.0724. The second-order valence-electron chi connectivity index (χ2n) is 7.26. The highest BCUT2D eigenvalue weighted by Gasteiger charge is 2.15. The lowest BCUT2D eigenvalue weighted by Crippen LogP contribution is -2.31. The van der Waals surface area contributed by atoms with Crippen LogP contribution in [0.25, 0.3) is 0 Å². The average Bonchev–Trinajstić information content (AvgIpc) is 2.79. The molecule has 2 rings (SSSR count). The van der Waals surface area contributed by atoms with E-state index in [2.05, 4.69) is 10.3 Å². The first-order valence-corrected chi connectivity index (χ1v) is 10.7. The van der Waals surface area contributed by atoms with Crippen LogP contribution in [0.2, 0.25) is 0 Å². The second-order valence-corrected chi connectivity index (χ2v) is 7.26. The fourth-order valence-corrected chi connectivity index (χ4v) is 3.24. The van der Waals surface area contributed by atoms with Gasteiger partial charge in [0.15, 0.2) is 11.5 Å². The summed E-state index contributed by atoms with van der Waals surface area (Å²) < 4.78 is 11.3. The molecule has 2 amide bonds. The highest BCUT2D eigenvalue weighted by atomic mass is 16.5. The summed E-state index contributed by atoms with van der Waals surface area (Å²) in [5, 5.41) is 2.99. The highest BCUT2D eigenvalue weighted by molar-refractivity contribution is 5.79. The number of carbonyl (C=O) groups is 2. The maximum absolute atomic E-state index is 12.3. The summed E-state index contributed by atoms with van der Waals surface area (Å²) in [6.45, 7) is 7.65. The Morgan fingerprint density at radius 1 is 1.06 bits per heavy atom. The van der Waals surface area contributed by atoms with E-state index in [1.165, 1.54) is 0 Å². The van der Waals surface area contributed by atoms with Crippen LogP contribution in [0.15, 0.2) is 42.7 Å². The van der Waals surface area contributed by atoms with Gasteiger partial charge in [-0.25, -0.2) is 0 Å². The minimum atomic E-state index is -0.186. The predicted molar refractivity (Wildman–Crippen MR) is 120 cm³/mol. The SMILES string of the molecule is CCN(CC)C(=O)CCCC(=O)NC(C)c1ccc(OCc2ccncc2)c(OC)c1. The summed E-state index contributed by atoms with van der Waals surface area (Å²) in [6, 6.07) is 9.24. The van der Waals surface area contributed by atoms with Gasteiger partial charge in [-0.3, -0.25) is 14.6 Å². The molecule has 168 valence electrons. The zero-order chi connectivity index (χ0) is 22.6. The van der Waals surface area contributed by atoms with Crippen LogP contribution in [0, 0.1) is 0 Å². The Bertz CT molecular complexity index is 838. The summed E-state index contributed by atoms with van der Waals surface area (Å²) in [7, 11) is 1.59. The molecule has 0 bridgehead atoms. The Labute approximate surface area is 184 Å². The van der Waals surface area contributed by atoms with Crippen molar-refractivity contribution in [2.75, 3.05) is 20.2 Å². The number of hydrogen-bond donors (Lipinski definition) is 1. The Kier molecular flexibility index (Phi) is 9.81. The van der Waals surface area contributed by atoms with Gasteiger partial charge >= 0.3 is 0 Å². The van der Waals surface area contributed by atoms with E-state index in [-0.39, 0.29) is 17.9 Å². The van der Waals surface area contributed by atoms with Gasteiger partial charge in [0.1, 0.15) is 6.61 Å². The molecule has 0 aliphatic heterocycles. The number of amides is 2. The molecule has 0 aliphatic rings. The zero-order valence-electron chi connectivity index (χ0n) is 18.9. The molecule has 1 aromatic heterocycles. The summed E-state index contributed by atoms with van der Waals surface area (Å²) in [6.07, 6.45) is 4.70. The summed E-state index contributed by atoms with van der Waals surface area (Å²) in [5.41, 5.74) is 1.93. The van der Waals surface area contributed by atoms with Gasteiger partial charge in [-0.2, -0.15) is 0 Å². The van der Waals surface area contributed by atoms with Gasteiger partial charge < -0.3 is 19.7 Å². The van der Waals surface area contributed by atoms with E-state index in [0.29, 0.717) is 50.5 Å². The third-order valence-corrected chi connectivity index (χ3v) is 5.12. The normalized spacial score (nSPS) is 11.5. The van der Waals surface area contributed by atoms with Gasteiger partial charge in [-0.15, -0.1) is 0 Å². The third kappa shape index (κ3) is 7.59. The predicted octanol–water partition coefficient (Wildman–Crippen LogP) is 3.89. The van der Waals surface area contributed by atoms with Crippen molar-refractivity contribution >= 4 is 11.8 Å². The van der Waals surface area contributed by atoms with E-state index in [9.17, 15) is 9.59 Å². The second kappa shape index (κ2) is 12.6. The molecule has 7 nitrogen and oxygen atoms in total. The molecular formula is C24H33N3O4. The standard InChI is InChI=1S/C24H33N3O4/c1-5-27(6-2)24(29)9-7-8-23(28)26-18(3)20-10-11-21(22(16-20)30-4)31-17-19-12-14-25-15-13-19/h10-16,18H,5-9,17H2,1-4H3,(H,26,28). The molecule has 1 N–H and O–H groups in total. The van der Waals surface area contributed by atoms with Crippen molar-refractivity contribution in [3.63, 3.8) is 0 Å². The zero-order valence-corrected chi connectivity index (χ0v) is 18.9. The number of nitrogens with zero attached hydrogens (tertiary/aromatic N) is 2. The molecule has 31 heavy (non-hydrogen) atoms. The lowest BCUT2D eigenvalue weighted by atomic mass is 10.1. The van der Waals surface area contributed by atoms with Crippen LogP contribution in [-0.2, 0) is 16.2 Å². The molecule has 1 aromatic carbocycles. The monoisotopic (exact) mass is 427 g/mol. The van der Waals surface area contributed by atoms with Crippen LogP contribution >= 0.6 is 0 Å². The molecule has 1 atom stereocenters. The smallest absolute Gasteiger partial charge is 0.222 e. The molecule has 0 fully saturated rings. The first-order chi connectivity index (χ1) is 15.0. The quantitative estimate of drug-likeness (QED) is 0.556. The molecule has 0 aliphatic carbocycles. The molecule has 1 unspecified atom stereocenters. The number of carbonyl (C=O) groups excluding carboxylic acids is 2. The number of hydrogen-bond acceptors (Lipinski definition) is 5. The number of aromatic nitrogens is 1. The first-order valence-electron chi connectivity index (χ1n) is 10.7. The molecule has 0 spiro atoms. The number of methoxy groups -OCH3 is 1. The topological polar surface area (TPSA) is 80.8 Å². The maximum atomic E-state index is 12.3. The van der Waals surface area contributed by atoms with E-state index in [1.54, 1.807) is 24.4 Å². The van der Waals surface area contributed by atoms with Gasteiger partial charge in [-0.1, -0.05) is 6.07 Å². The van der Waals surface area contributed by atoms with Gasteiger partial charge in [0.05, 0.1) is 13.2 Å². The molecular weight excluding hydrogens is 394 g/mol. The summed E-state index contributed by atoms with van der Waals surface area (Å²) in [5.74, 6) is 1.27. The molecule has 0 radical (unpaired) electrons. The number of benzene rings is 1. The number of pyridine rings is 1. The van der Waals surface area contributed by atoms with E-state index in [1.807, 2.05) is 51.1 Å². The largest absolute Gasteiger partial charge is 0.493 e. The first kappa shape index (κ1) is 24.2. The van der Waals surface area contributed by atoms with Gasteiger partial charge in [0, 0.05) is 38.3 Å². The summed E-state index contributed by atoms with van der Waals surface area (Å²) >= 11 is 0. The lowest BCUT2D eigenvalue weighted by Gasteiger charge is -2.19. The Morgan fingerprint density at radius 3 is 2.42 bits per heavy atom. The number of rotatable bonds is 12. The maximum Gasteiger partial charge on any atom is 0.222 e. The van der Waals surface area contributed by atoms with Crippen molar-refractivity contribution in [2.24, 2.45) is 0 Å². The molecule has 2 aromatic rings. The van der Waals surface area contributed by atoms with Gasteiger partial charge in [0.2, 0.25) is 11.8 Å². The van der Waals surface area contributed by atoms with E-state index >= 15 is 0 Å². The summed E-state index contributed by atoms with van der Waals surface area (Å²) in [4.78, 5) is 30.1. The molecule has 0 saturated heterocycles. The molecule has 0 saturated carbocycles. The van der Waals surface area contributed by atoms with E-state index in [4.69, 9.17) is 9.47 Å². The fourth-order valence-electron chi connectivity index (χ4n) is 3.24. The van der Waals surface area contributed by atoms with Crippen LogP contribution in [-0.4, -0.2) is 41.9 Å². The molecule has 1 heterocycles. The van der Waals surface area contributed by atoms with Crippen LogP contribution in [0.5, 0.6) is 11.5 Å². The Morgan fingerprint density at radius 2 is 1.77 bits per heavy atom. The van der Waals surface area contributed by atoms with Crippen molar-refractivity contribution < 1.29 is 19.1 Å². The van der Waals surface area contributed by atoms with Crippen molar-refractivity contribution in [3.8, 4) is 11.5 Å². The average molecular weight is 428 g/mol. The number of ether oxygens (including phenoxy) is 2. The van der Waals surface area contributed by atoms with Gasteiger partial charge in [0.25, 0.3) is 0 Å². The fraction of sp³-hybridized carbons (Fsp3) is 0.458.